The Morgan fingerprint density at radius 3 is 3.15 bits per heavy atom. The van der Waals surface area contributed by atoms with E-state index in [1.54, 1.807) is 11.3 Å². The molecule has 1 aliphatic heterocycles. The highest BCUT2D eigenvalue weighted by Gasteiger charge is 2.07. The highest BCUT2D eigenvalue weighted by Crippen LogP contribution is 2.13. The van der Waals surface area contributed by atoms with Gasteiger partial charge >= 0.3 is 0 Å². The Morgan fingerprint density at radius 1 is 1.46 bits per heavy atom. The van der Waals surface area contributed by atoms with Gasteiger partial charge in [-0.1, -0.05) is 18.6 Å². The van der Waals surface area contributed by atoms with Crippen LogP contribution in [0.1, 0.15) is 24.1 Å². The number of hydrogen-bond acceptors (Lipinski definition) is 2. The van der Waals surface area contributed by atoms with Gasteiger partial charge in [-0.2, -0.15) is 0 Å². The van der Waals surface area contributed by atoms with Gasteiger partial charge in [0.05, 0.1) is 0 Å². The maximum atomic E-state index is 3.50. The molecule has 1 atom stereocenters. The third kappa shape index (κ3) is 2.68. The van der Waals surface area contributed by atoms with Crippen LogP contribution in [0, 0.1) is 0 Å². The van der Waals surface area contributed by atoms with E-state index >= 15 is 0 Å². The lowest BCUT2D eigenvalue weighted by Crippen LogP contribution is -2.31. The molecule has 0 spiro atoms. The van der Waals surface area contributed by atoms with E-state index in [1.165, 1.54) is 30.7 Å². The van der Waals surface area contributed by atoms with Gasteiger partial charge in [-0.05, 0) is 36.9 Å². The molecule has 1 N–H and O–H groups in total. The standard InChI is InChI=1S/C11H15NS/c1-2-8-12-10(4-1)6-7-11-5-3-9-13-11/h3,5-7,9-10,12H,1-2,4,8H2/b7-6+. The molecule has 0 amide bonds. The SMILES string of the molecule is C(=C\C1CCCCN1)/c1cccs1. The van der Waals surface area contributed by atoms with Gasteiger partial charge in [0.2, 0.25) is 0 Å². The average molecular weight is 193 g/mol. The summed E-state index contributed by atoms with van der Waals surface area (Å²) < 4.78 is 0. The highest BCUT2D eigenvalue weighted by atomic mass is 32.1. The molecule has 2 rings (SSSR count). The van der Waals surface area contributed by atoms with E-state index in [1.807, 2.05) is 0 Å². The summed E-state index contributed by atoms with van der Waals surface area (Å²) in [6.07, 6.45) is 8.52. The maximum Gasteiger partial charge on any atom is 0.0267 e. The number of hydrogen-bond donors (Lipinski definition) is 1. The van der Waals surface area contributed by atoms with Gasteiger partial charge in [-0.25, -0.2) is 0 Å². The van der Waals surface area contributed by atoms with Crippen molar-refractivity contribution in [3.05, 3.63) is 28.5 Å². The molecule has 1 aromatic rings. The zero-order valence-corrected chi connectivity index (χ0v) is 8.52. The van der Waals surface area contributed by atoms with Crippen LogP contribution in [0.25, 0.3) is 6.08 Å². The van der Waals surface area contributed by atoms with Crippen LogP contribution < -0.4 is 5.32 Å². The maximum absolute atomic E-state index is 3.50. The molecule has 1 nitrogen and oxygen atoms in total. The molecule has 0 saturated carbocycles. The van der Waals surface area contributed by atoms with E-state index in [0.29, 0.717) is 6.04 Å². The molecule has 2 heteroatoms. The molecule has 13 heavy (non-hydrogen) atoms. The first kappa shape index (κ1) is 8.97. The Hall–Kier alpha value is -0.600. The molecule has 1 aromatic heterocycles. The van der Waals surface area contributed by atoms with Crippen molar-refractivity contribution in [2.45, 2.75) is 25.3 Å². The summed E-state index contributed by atoms with van der Waals surface area (Å²) in [6.45, 7) is 1.18. The van der Waals surface area contributed by atoms with Crippen LogP contribution in [0.15, 0.2) is 23.6 Å². The van der Waals surface area contributed by atoms with Gasteiger partial charge in [-0.15, -0.1) is 11.3 Å². The highest BCUT2D eigenvalue weighted by molar-refractivity contribution is 7.10. The largest absolute Gasteiger partial charge is 0.311 e. The van der Waals surface area contributed by atoms with E-state index in [4.69, 9.17) is 0 Å². The Morgan fingerprint density at radius 2 is 2.46 bits per heavy atom. The Labute approximate surface area is 83.5 Å². The molecule has 0 radical (unpaired) electrons. The molecular weight excluding hydrogens is 178 g/mol. The second kappa shape index (κ2) is 4.58. The molecule has 1 unspecified atom stereocenters. The quantitative estimate of drug-likeness (QED) is 0.761. The van der Waals surface area contributed by atoms with Crippen LogP contribution >= 0.6 is 11.3 Å². The lowest BCUT2D eigenvalue weighted by molar-refractivity contribution is 0.455. The molecule has 0 bridgehead atoms. The van der Waals surface area contributed by atoms with Crippen LogP contribution in [-0.4, -0.2) is 12.6 Å². The fourth-order valence-corrected chi connectivity index (χ4v) is 2.27. The fourth-order valence-electron chi connectivity index (χ4n) is 1.64. The van der Waals surface area contributed by atoms with E-state index in [2.05, 4.69) is 35.0 Å². The Balaban J connectivity index is 1.89. The Bertz CT molecular complexity index is 258. The second-order valence-corrected chi connectivity index (χ2v) is 4.41. The molecule has 0 aliphatic carbocycles. The molecule has 1 aliphatic rings. The predicted molar refractivity (Wildman–Crippen MR) is 59.0 cm³/mol. The molecular formula is C11H15NS. The minimum atomic E-state index is 0.607. The number of piperidine rings is 1. The van der Waals surface area contributed by atoms with E-state index in [-0.39, 0.29) is 0 Å². The third-order valence-electron chi connectivity index (χ3n) is 2.38. The summed E-state index contributed by atoms with van der Waals surface area (Å²) in [6, 6.07) is 4.86. The van der Waals surface area contributed by atoms with Crippen molar-refractivity contribution >= 4 is 17.4 Å². The number of nitrogens with one attached hydrogen (secondary N) is 1. The number of thiophene rings is 1. The monoisotopic (exact) mass is 193 g/mol. The summed E-state index contributed by atoms with van der Waals surface area (Å²) in [7, 11) is 0. The van der Waals surface area contributed by atoms with Crippen LogP contribution in [0.3, 0.4) is 0 Å². The van der Waals surface area contributed by atoms with Crippen molar-refractivity contribution in [1.29, 1.82) is 0 Å². The van der Waals surface area contributed by atoms with Crippen LogP contribution in [0.2, 0.25) is 0 Å². The number of rotatable bonds is 2. The van der Waals surface area contributed by atoms with E-state index in [9.17, 15) is 0 Å². The van der Waals surface area contributed by atoms with Crippen molar-refractivity contribution < 1.29 is 0 Å². The second-order valence-electron chi connectivity index (χ2n) is 3.43. The zero-order chi connectivity index (χ0) is 8.93. The third-order valence-corrected chi connectivity index (χ3v) is 3.22. The first-order valence-corrected chi connectivity index (χ1v) is 5.78. The normalized spacial score (nSPS) is 23.8. The minimum absolute atomic E-state index is 0.607. The molecule has 1 fully saturated rings. The van der Waals surface area contributed by atoms with Gasteiger partial charge in [0, 0.05) is 10.9 Å². The molecule has 0 aromatic carbocycles. The van der Waals surface area contributed by atoms with Crippen molar-refractivity contribution in [3.63, 3.8) is 0 Å². The summed E-state index contributed by atoms with van der Waals surface area (Å²) in [5.74, 6) is 0. The van der Waals surface area contributed by atoms with Crippen LogP contribution in [-0.2, 0) is 0 Å². The predicted octanol–water partition coefficient (Wildman–Crippen LogP) is 2.90. The first-order chi connectivity index (χ1) is 6.45. The summed E-state index contributed by atoms with van der Waals surface area (Å²) in [4.78, 5) is 1.35. The van der Waals surface area contributed by atoms with Gasteiger partial charge in [0.1, 0.15) is 0 Å². The summed E-state index contributed by atoms with van der Waals surface area (Å²) in [5.41, 5.74) is 0. The van der Waals surface area contributed by atoms with Crippen molar-refractivity contribution in [1.82, 2.24) is 5.32 Å². The molecule has 2 heterocycles. The average Bonchev–Trinajstić information content (AvgIpc) is 2.69. The fraction of sp³-hybridized carbons (Fsp3) is 0.455. The lowest BCUT2D eigenvalue weighted by atomic mass is 10.0. The molecule has 1 saturated heterocycles. The van der Waals surface area contributed by atoms with Gasteiger partial charge in [-0.3, -0.25) is 0 Å². The van der Waals surface area contributed by atoms with Crippen LogP contribution in [0.5, 0.6) is 0 Å². The van der Waals surface area contributed by atoms with Gasteiger partial charge < -0.3 is 5.32 Å². The summed E-state index contributed by atoms with van der Waals surface area (Å²) >= 11 is 1.80. The van der Waals surface area contributed by atoms with Crippen molar-refractivity contribution in [3.8, 4) is 0 Å². The van der Waals surface area contributed by atoms with E-state index in [0.717, 1.165) is 0 Å². The minimum Gasteiger partial charge on any atom is -0.311 e. The summed E-state index contributed by atoms with van der Waals surface area (Å²) in [5, 5.41) is 5.62. The Kier molecular flexibility index (Phi) is 3.16. The van der Waals surface area contributed by atoms with Crippen molar-refractivity contribution in [2.75, 3.05) is 6.54 Å². The van der Waals surface area contributed by atoms with Gasteiger partial charge in [0.15, 0.2) is 0 Å². The topological polar surface area (TPSA) is 12.0 Å². The zero-order valence-electron chi connectivity index (χ0n) is 7.70. The smallest absolute Gasteiger partial charge is 0.0267 e. The van der Waals surface area contributed by atoms with Gasteiger partial charge in [0.25, 0.3) is 0 Å². The first-order valence-electron chi connectivity index (χ1n) is 4.90. The molecule has 70 valence electrons. The van der Waals surface area contributed by atoms with Crippen molar-refractivity contribution in [2.24, 2.45) is 0 Å². The lowest BCUT2D eigenvalue weighted by Gasteiger charge is -2.19. The van der Waals surface area contributed by atoms with Crippen LogP contribution in [0.4, 0.5) is 0 Å². The van der Waals surface area contributed by atoms with E-state index < -0.39 is 0 Å².